The van der Waals surface area contributed by atoms with E-state index in [0.29, 0.717) is 12.5 Å². The van der Waals surface area contributed by atoms with Crippen LogP contribution in [0.1, 0.15) is 33.1 Å². The van der Waals surface area contributed by atoms with Crippen LogP contribution in [0.5, 0.6) is 0 Å². The summed E-state index contributed by atoms with van der Waals surface area (Å²) in [7, 11) is 1.57. The Kier molecular flexibility index (Phi) is 8.57. The zero-order valence-electron chi connectivity index (χ0n) is 11.7. The van der Waals surface area contributed by atoms with Crippen molar-refractivity contribution < 1.29 is 9.53 Å². The van der Waals surface area contributed by atoms with E-state index >= 15 is 0 Å². The minimum Gasteiger partial charge on any atom is -0.383 e. The number of hydrogen-bond donors (Lipinski definition) is 1. The van der Waals surface area contributed by atoms with Gasteiger partial charge in [-0.1, -0.05) is 13.8 Å². The predicted molar refractivity (Wildman–Crippen MR) is 75.9 cm³/mol. The molecule has 0 aromatic heterocycles. The van der Waals surface area contributed by atoms with Crippen LogP contribution in [0, 0.1) is 11.8 Å². The lowest BCUT2D eigenvalue weighted by atomic mass is 9.89. The lowest BCUT2D eigenvalue weighted by Gasteiger charge is -2.24. The standard InChI is InChI=1S/C13H26N2O2.ClH/c1-10(2)11-5-4-7-15(8-6-11)13(16)12(14)9-17-3;/h10-12H,4-9,14H2,1-3H3;1H. The highest BCUT2D eigenvalue weighted by molar-refractivity contribution is 5.85. The number of nitrogens with two attached hydrogens (primary N) is 1. The normalized spacial score (nSPS) is 22.3. The lowest BCUT2D eigenvalue weighted by molar-refractivity contribution is -0.133. The summed E-state index contributed by atoms with van der Waals surface area (Å²) in [5.74, 6) is 1.49. The van der Waals surface area contributed by atoms with E-state index in [0.717, 1.165) is 31.8 Å². The van der Waals surface area contributed by atoms with Gasteiger partial charge in [0.05, 0.1) is 6.61 Å². The number of carbonyl (C=O) groups is 1. The third-order valence-corrected chi connectivity index (χ3v) is 3.69. The van der Waals surface area contributed by atoms with Gasteiger partial charge in [0, 0.05) is 20.2 Å². The van der Waals surface area contributed by atoms with Crippen LogP contribution in [0.15, 0.2) is 0 Å². The molecule has 0 aliphatic carbocycles. The van der Waals surface area contributed by atoms with Crippen LogP contribution in [0.4, 0.5) is 0 Å². The molecule has 4 nitrogen and oxygen atoms in total. The van der Waals surface area contributed by atoms with Crippen molar-refractivity contribution in [3.8, 4) is 0 Å². The summed E-state index contributed by atoms with van der Waals surface area (Å²) in [6.45, 7) is 6.53. The molecule has 0 radical (unpaired) electrons. The van der Waals surface area contributed by atoms with Gasteiger partial charge in [-0.2, -0.15) is 0 Å². The quantitative estimate of drug-likeness (QED) is 0.851. The number of methoxy groups -OCH3 is 1. The van der Waals surface area contributed by atoms with Crippen molar-refractivity contribution in [2.75, 3.05) is 26.8 Å². The van der Waals surface area contributed by atoms with Crippen molar-refractivity contribution in [1.82, 2.24) is 4.90 Å². The van der Waals surface area contributed by atoms with Crippen LogP contribution in [0.3, 0.4) is 0 Å². The maximum absolute atomic E-state index is 12.0. The second kappa shape index (κ2) is 8.73. The van der Waals surface area contributed by atoms with E-state index in [1.54, 1.807) is 7.11 Å². The number of halogens is 1. The van der Waals surface area contributed by atoms with Crippen molar-refractivity contribution in [3.05, 3.63) is 0 Å². The largest absolute Gasteiger partial charge is 0.383 e. The van der Waals surface area contributed by atoms with Crippen molar-refractivity contribution >= 4 is 18.3 Å². The lowest BCUT2D eigenvalue weighted by Crippen LogP contribution is -2.46. The number of likely N-dealkylation sites (tertiary alicyclic amines) is 1. The molecule has 1 saturated heterocycles. The first-order valence-electron chi connectivity index (χ1n) is 6.59. The van der Waals surface area contributed by atoms with E-state index < -0.39 is 6.04 Å². The van der Waals surface area contributed by atoms with Crippen molar-refractivity contribution in [1.29, 1.82) is 0 Å². The Labute approximate surface area is 117 Å². The van der Waals surface area contributed by atoms with E-state index in [4.69, 9.17) is 10.5 Å². The molecule has 1 amide bonds. The highest BCUT2D eigenvalue weighted by Crippen LogP contribution is 2.24. The Morgan fingerprint density at radius 2 is 2.06 bits per heavy atom. The molecule has 1 fully saturated rings. The Hall–Kier alpha value is -0.320. The maximum atomic E-state index is 12.0. The average Bonchev–Trinajstić information content (AvgIpc) is 2.53. The zero-order chi connectivity index (χ0) is 12.8. The van der Waals surface area contributed by atoms with E-state index in [9.17, 15) is 4.79 Å². The van der Waals surface area contributed by atoms with Gasteiger partial charge in [0.1, 0.15) is 6.04 Å². The van der Waals surface area contributed by atoms with Gasteiger partial charge in [0.15, 0.2) is 0 Å². The molecule has 5 heteroatoms. The van der Waals surface area contributed by atoms with E-state index in [-0.39, 0.29) is 18.3 Å². The van der Waals surface area contributed by atoms with E-state index in [1.807, 2.05) is 4.90 Å². The Morgan fingerprint density at radius 3 is 2.61 bits per heavy atom. The minimum atomic E-state index is -0.504. The van der Waals surface area contributed by atoms with Gasteiger partial charge < -0.3 is 15.4 Å². The smallest absolute Gasteiger partial charge is 0.241 e. The number of amides is 1. The predicted octanol–water partition coefficient (Wildman–Crippen LogP) is 1.67. The van der Waals surface area contributed by atoms with E-state index in [1.165, 1.54) is 6.42 Å². The molecule has 1 aliphatic rings. The molecule has 1 rings (SSSR count). The van der Waals surface area contributed by atoms with Crippen LogP contribution in [-0.4, -0.2) is 43.7 Å². The maximum Gasteiger partial charge on any atom is 0.241 e. The first-order valence-corrected chi connectivity index (χ1v) is 6.59. The minimum absolute atomic E-state index is 0. The summed E-state index contributed by atoms with van der Waals surface area (Å²) < 4.78 is 4.93. The van der Waals surface area contributed by atoms with Gasteiger partial charge in [-0.15, -0.1) is 12.4 Å². The third-order valence-electron chi connectivity index (χ3n) is 3.69. The summed E-state index contributed by atoms with van der Waals surface area (Å²) >= 11 is 0. The first kappa shape index (κ1) is 17.7. The molecule has 0 aromatic rings. The van der Waals surface area contributed by atoms with Crippen molar-refractivity contribution in [3.63, 3.8) is 0 Å². The second-order valence-electron chi connectivity index (χ2n) is 5.32. The summed E-state index contributed by atoms with van der Waals surface area (Å²) in [4.78, 5) is 13.9. The summed E-state index contributed by atoms with van der Waals surface area (Å²) in [5.41, 5.74) is 5.79. The van der Waals surface area contributed by atoms with Crippen LogP contribution >= 0.6 is 12.4 Å². The van der Waals surface area contributed by atoms with Crippen LogP contribution in [-0.2, 0) is 9.53 Å². The van der Waals surface area contributed by atoms with Crippen LogP contribution < -0.4 is 5.73 Å². The molecule has 2 N–H and O–H groups in total. The van der Waals surface area contributed by atoms with E-state index in [2.05, 4.69) is 13.8 Å². The topological polar surface area (TPSA) is 55.6 Å². The fourth-order valence-corrected chi connectivity index (χ4v) is 2.49. The molecule has 0 bridgehead atoms. The van der Waals surface area contributed by atoms with Gasteiger partial charge in [-0.25, -0.2) is 0 Å². The molecule has 108 valence electrons. The van der Waals surface area contributed by atoms with Gasteiger partial charge in [0.2, 0.25) is 5.91 Å². The van der Waals surface area contributed by atoms with Crippen LogP contribution in [0.2, 0.25) is 0 Å². The highest BCUT2D eigenvalue weighted by Gasteiger charge is 2.25. The van der Waals surface area contributed by atoms with Crippen molar-refractivity contribution in [2.24, 2.45) is 17.6 Å². The fraction of sp³-hybridized carbons (Fsp3) is 0.923. The molecule has 18 heavy (non-hydrogen) atoms. The molecule has 1 heterocycles. The molecule has 0 spiro atoms. The van der Waals surface area contributed by atoms with Gasteiger partial charge in [-0.05, 0) is 31.1 Å². The average molecular weight is 279 g/mol. The Balaban J connectivity index is 0.00000289. The third kappa shape index (κ3) is 5.12. The second-order valence-corrected chi connectivity index (χ2v) is 5.32. The highest BCUT2D eigenvalue weighted by atomic mass is 35.5. The SMILES string of the molecule is COCC(N)C(=O)N1CCCC(C(C)C)CC1.Cl. The molecule has 0 saturated carbocycles. The van der Waals surface area contributed by atoms with Gasteiger partial charge >= 0.3 is 0 Å². The summed E-state index contributed by atoms with van der Waals surface area (Å²) in [5, 5.41) is 0. The van der Waals surface area contributed by atoms with Gasteiger partial charge in [0.25, 0.3) is 0 Å². The molecule has 2 atom stereocenters. The van der Waals surface area contributed by atoms with Crippen LogP contribution in [0.25, 0.3) is 0 Å². The number of hydrogen-bond acceptors (Lipinski definition) is 3. The van der Waals surface area contributed by atoms with Gasteiger partial charge in [-0.3, -0.25) is 4.79 Å². The first-order chi connectivity index (χ1) is 8.06. The molecular formula is C13H27ClN2O2. The summed E-state index contributed by atoms with van der Waals surface area (Å²) in [6, 6.07) is -0.504. The Bertz CT molecular complexity index is 249. The number of ether oxygens (including phenoxy) is 1. The molecule has 2 unspecified atom stereocenters. The summed E-state index contributed by atoms with van der Waals surface area (Å²) in [6.07, 6.45) is 3.42. The zero-order valence-corrected chi connectivity index (χ0v) is 12.5. The molecule has 0 aromatic carbocycles. The number of rotatable bonds is 4. The Morgan fingerprint density at radius 1 is 1.39 bits per heavy atom. The fourth-order valence-electron chi connectivity index (χ4n) is 2.49. The number of nitrogens with zero attached hydrogens (tertiary/aromatic N) is 1. The number of carbonyl (C=O) groups excluding carboxylic acids is 1. The molecular weight excluding hydrogens is 252 g/mol. The van der Waals surface area contributed by atoms with Crippen molar-refractivity contribution in [2.45, 2.75) is 39.2 Å². The molecule has 1 aliphatic heterocycles. The monoisotopic (exact) mass is 278 g/mol.